The van der Waals surface area contributed by atoms with Crippen molar-refractivity contribution in [1.29, 1.82) is 0 Å². The van der Waals surface area contributed by atoms with E-state index in [0.29, 0.717) is 10.7 Å². The highest BCUT2D eigenvalue weighted by Crippen LogP contribution is 2.44. The van der Waals surface area contributed by atoms with Crippen LogP contribution in [0, 0.1) is 33.5 Å². The SMILES string of the molecule is Cc1cc(N2C(=S)N[C@@H](c3ccccn3)[C@@H]2c2cc(C)n(-c3cc(C(=O)O)ccc3C)c2C)ccc1F. The van der Waals surface area contributed by atoms with Crippen LogP contribution in [0.5, 0.6) is 0 Å². The Morgan fingerprint density at radius 3 is 2.49 bits per heavy atom. The number of pyridine rings is 1. The van der Waals surface area contributed by atoms with Crippen molar-refractivity contribution < 1.29 is 14.3 Å². The van der Waals surface area contributed by atoms with E-state index in [9.17, 15) is 14.3 Å². The molecule has 2 aromatic carbocycles. The molecule has 0 spiro atoms. The number of nitrogens with zero attached hydrogens (tertiary/aromatic N) is 3. The van der Waals surface area contributed by atoms with Gasteiger partial charge >= 0.3 is 5.97 Å². The maximum atomic E-state index is 14.2. The molecule has 3 heterocycles. The molecule has 1 aliphatic rings. The largest absolute Gasteiger partial charge is 0.478 e. The average molecular weight is 515 g/mol. The summed E-state index contributed by atoms with van der Waals surface area (Å²) >= 11 is 5.82. The molecule has 188 valence electrons. The number of benzene rings is 2. The normalized spacial score (nSPS) is 17.2. The molecule has 6 nitrogen and oxygen atoms in total. The Morgan fingerprint density at radius 1 is 1.03 bits per heavy atom. The van der Waals surface area contributed by atoms with Crippen molar-refractivity contribution in [1.82, 2.24) is 14.9 Å². The molecule has 0 amide bonds. The van der Waals surface area contributed by atoms with Crippen molar-refractivity contribution in [3.05, 3.63) is 112 Å². The van der Waals surface area contributed by atoms with Crippen LogP contribution in [0.2, 0.25) is 0 Å². The lowest BCUT2D eigenvalue weighted by molar-refractivity contribution is 0.0697. The van der Waals surface area contributed by atoms with Gasteiger partial charge in [-0.2, -0.15) is 0 Å². The molecule has 1 saturated heterocycles. The van der Waals surface area contributed by atoms with Crippen LogP contribution in [0.3, 0.4) is 0 Å². The summed E-state index contributed by atoms with van der Waals surface area (Å²) in [7, 11) is 0. The Balaban J connectivity index is 1.71. The van der Waals surface area contributed by atoms with Gasteiger partial charge < -0.3 is 19.9 Å². The Kier molecular flexibility index (Phi) is 6.29. The Hall–Kier alpha value is -4.04. The van der Waals surface area contributed by atoms with Crippen LogP contribution in [0.1, 0.15) is 56.2 Å². The van der Waals surface area contributed by atoms with E-state index in [1.807, 2.05) is 49.9 Å². The molecular weight excluding hydrogens is 487 g/mol. The molecule has 0 saturated carbocycles. The van der Waals surface area contributed by atoms with Crippen LogP contribution in [0.25, 0.3) is 5.69 Å². The van der Waals surface area contributed by atoms with E-state index in [0.717, 1.165) is 39.6 Å². The van der Waals surface area contributed by atoms with Crippen molar-refractivity contribution in [2.75, 3.05) is 4.90 Å². The maximum absolute atomic E-state index is 14.2. The van der Waals surface area contributed by atoms with Gasteiger partial charge in [0.05, 0.1) is 23.3 Å². The lowest BCUT2D eigenvalue weighted by Crippen LogP contribution is -2.29. The molecule has 0 radical (unpaired) electrons. The van der Waals surface area contributed by atoms with Crippen molar-refractivity contribution in [2.45, 2.75) is 39.8 Å². The number of aromatic nitrogens is 2. The van der Waals surface area contributed by atoms with Gasteiger partial charge in [-0.15, -0.1) is 0 Å². The van der Waals surface area contributed by atoms with Crippen LogP contribution in [0.15, 0.2) is 66.9 Å². The zero-order valence-corrected chi connectivity index (χ0v) is 21.8. The highest BCUT2D eigenvalue weighted by atomic mass is 32.1. The van der Waals surface area contributed by atoms with Gasteiger partial charge in [-0.25, -0.2) is 9.18 Å². The number of rotatable bonds is 5. The summed E-state index contributed by atoms with van der Waals surface area (Å²) in [6.45, 7) is 7.74. The molecule has 1 fully saturated rings. The van der Waals surface area contributed by atoms with Gasteiger partial charge in [0.25, 0.3) is 0 Å². The fraction of sp³-hybridized carbons (Fsp3) is 0.207. The van der Waals surface area contributed by atoms with E-state index in [1.54, 1.807) is 37.4 Å². The second kappa shape index (κ2) is 9.44. The molecule has 0 unspecified atom stereocenters. The third-order valence-electron chi connectivity index (χ3n) is 7.00. The zero-order chi connectivity index (χ0) is 26.4. The monoisotopic (exact) mass is 514 g/mol. The summed E-state index contributed by atoms with van der Waals surface area (Å²) in [5, 5.41) is 13.6. The summed E-state index contributed by atoms with van der Waals surface area (Å²) in [5.41, 5.74) is 7.11. The van der Waals surface area contributed by atoms with E-state index < -0.39 is 5.97 Å². The summed E-state index contributed by atoms with van der Waals surface area (Å²) in [6, 6.07) is 17.5. The van der Waals surface area contributed by atoms with E-state index in [1.165, 1.54) is 6.07 Å². The second-order valence-corrected chi connectivity index (χ2v) is 9.79. The van der Waals surface area contributed by atoms with Gasteiger partial charge in [-0.3, -0.25) is 4.98 Å². The van der Waals surface area contributed by atoms with Crippen molar-refractivity contribution >= 4 is 29.0 Å². The molecule has 1 aliphatic heterocycles. The highest BCUT2D eigenvalue weighted by Gasteiger charge is 2.42. The quantitative estimate of drug-likeness (QED) is 0.313. The summed E-state index contributed by atoms with van der Waals surface area (Å²) in [5.74, 6) is -1.24. The van der Waals surface area contributed by atoms with Crippen LogP contribution >= 0.6 is 12.2 Å². The van der Waals surface area contributed by atoms with E-state index in [-0.39, 0.29) is 23.5 Å². The minimum atomic E-state index is -0.970. The zero-order valence-electron chi connectivity index (χ0n) is 21.0. The molecule has 2 atom stereocenters. The fourth-order valence-corrected chi connectivity index (χ4v) is 5.51. The van der Waals surface area contributed by atoms with Crippen LogP contribution in [-0.2, 0) is 0 Å². The first-order valence-corrected chi connectivity index (χ1v) is 12.4. The molecule has 8 heteroatoms. The van der Waals surface area contributed by atoms with Crippen molar-refractivity contribution in [3.63, 3.8) is 0 Å². The number of carbonyl (C=O) groups is 1. The molecule has 2 aromatic heterocycles. The Labute approximate surface area is 220 Å². The van der Waals surface area contributed by atoms with Crippen molar-refractivity contribution in [2.24, 2.45) is 0 Å². The number of aromatic carboxylic acids is 1. The number of carboxylic acid groups (broad SMARTS) is 1. The highest BCUT2D eigenvalue weighted by molar-refractivity contribution is 7.80. The van der Waals surface area contributed by atoms with Gasteiger partial charge in [0, 0.05) is 29.0 Å². The third kappa shape index (κ3) is 4.27. The number of carboxylic acids is 1. The molecule has 37 heavy (non-hydrogen) atoms. The van der Waals surface area contributed by atoms with Crippen molar-refractivity contribution in [3.8, 4) is 5.69 Å². The predicted octanol–water partition coefficient (Wildman–Crippen LogP) is 6.12. The number of hydrogen-bond donors (Lipinski definition) is 2. The topological polar surface area (TPSA) is 70.4 Å². The van der Waals surface area contributed by atoms with Crippen LogP contribution < -0.4 is 10.2 Å². The van der Waals surface area contributed by atoms with Gasteiger partial charge in [0.2, 0.25) is 0 Å². The lowest BCUT2D eigenvalue weighted by Gasteiger charge is -2.28. The average Bonchev–Trinajstić information content (AvgIpc) is 3.36. The minimum absolute atomic E-state index is 0.230. The van der Waals surface area contributed by atoms with E-state index >= 15 is 0 Å². The molecule has 0 bridgehead atoms. The molecular formula is C29H27FN4O2S. The molecule has 5 rings (SSSR count). The first kappa shape index (κ1) is 24.6. The summed E-state index contributed by atoms with van der Waals surface area (Å²) in [4.78, 5) is 18.3. The first-order chi connectivity index (χ1) is 17.7. The van der Waals surface area contributed by atoms with Gasteiger partial charge in [-0.05, 0) is 105 Å². The standard InChI is InChI=1S/C29H27FN4O2S/c1-16-8-9-20(28(35)36)15-25(16)33-18(3)14-22(19(33)4)27-26(24-7-5-6-12-31-24)32-29(37)34(27)21-10-11-23(30)17(2)13-21/h5-15,26-27H,1-4H3,(H,32,37)(H,35,36)/t26-,27-/m0/s1. The van der Waals surface area contributed by atoms with Crippen LogP contribution in [-0.4, -0.2) is 25.7 Å². The number of anilines is 1. The first-order valence-electron chi connectivity index (χ1n) is 12.0. The number of halogens is 1. The third-order valence-corrected chi connectivity index (χ3v) is 7.32. The van der Waals surface area contributed by atoms with E-state index in [2.05, 4.69) is 20.9 Å². The number of nitrogens with one attached hydrogen (secondary N) is 1. The lowest BCUT2D eigenvalue weighted by atomic mass is 9.96. The van der Waals surface area contributed by atoms with Gasteiger partial charge in [-0.1, -0.05) is 12.1 Å². The second-order valence-electron chi connectivity index (χ2n) is 9.40. The number of aryl methyl sites for hydroxylation is 3. The van der Waals surface area contributed by atoms with Gasteiger partial charge in [0.15, 0.2) is 5.11 Å². The van der Waals surface area contributed by atoms with Crippen LogP contribution in [0.4, 0.5) is 10.1 Å². The Morgan fingerprint density at radius 2 is 1.81 bits per heavy atom. The molecule has 2 N–H and O–H groups in total. The fourth-order valence-electron chi connectivity index (χ4n) is 5.17. The van der Waals surface area contributed by atoms with E-state index in [4.69, 9.17) is 12.2 Å². The number of hydrogen-bond acceptors (Lipinski definition) is 3. The summed E-state index contributed by atoms with van der Waals surface area (Å²) in [6.07, 6.45) is 1.76. The molecule has 4 aromatic rings. The Bertz CT molecular complexity index is 1530. The van der Waals surface area contributed by atoms with Gasteiger partial charge in [0.1, 0.15) is 5.82 Å². The smallest absolute Gasteiger partial charge is 0.335 e. The summed E-state index contributed by atoms with van der Waals surface area (Å²) < 4.78 is 16.2. The number of thiocarbonyl (C=S) groups is 1. The maximum Gasteiger partial charge on any atom is 0.335 e. The predicted molar refractivity (Wildman–Crippen MR) is 146 cm³/mol. The minimum Gasteiger partial charge on any atom is -0.478 e. The molecule has 0 aliphatic carbocycles.